The summed E-state index contributed by atoms with van der Waals surface area (Å²) in [5.74, 6) is -0.312. The lowest BCUT2D eigenvalue weighted by Gasteiger charge is -2.10. The van der Waals surface area contributed by atoms with E-state index in [0.29, 0.717) is 27.5 Å². The summed E-state index contributed by atoms with van der Waals surface area (Å²) in [6.07, 6.45) is 0. The van der Waals surface area contributed by atoms with Crippen molar-refractivity contribution < 1.29 is 9.23 Å². The molecule has 5 heteroatoms. The maximum absolute atomic E-state index is 13.3. The van der Waals surface area contributed by atoms with E-state index in [1.807, 2.05) is 30.3 Å². The molecule has 0 bridgehead atoms. The minimum Gasteiger partial charge on any atom is -0.271 e. The van der Waals surface area contributed by atoms with E-state index in [4.69, 9.17) is 4.84 Å². The van der Waals surface area contributed by atoms with Crippen LogP contribution in [-0.4, -0.2) is 4.98 Å². The number of benzene rings is 3. The number of hydrogen-bond donors (Lipinski definition) is 1. The SMILES string of the molecule is O=c1nc2ccccc2c(NOCc2cccc(F)c2)c2ccccc12. The molecule has 4 aromatic rings. The molecule has 0 unspecified atom stereocenters. The van der Waals surface area contributed by atoms with E-state index in [0.717, 1.165) is 5.39 Å². The van der Waals surface area contributed by atoms with Crippen LogP contribution in [0.25, 0.3) is 21.7 Å². The van der Waals surface area contributed by atoms with Crippen molar-refractivity contribution in [3.8, 4) is 0 Å². The highest BCUT2D eigenvalue weighted by Crippen LogP contribution is 2.28. The van der Waals surface area contributed by atoms with Gasteiger partial charge in [-0.1, -0.05) is 48.5 Å². The third-order valence-corrected chi connectivity index (χ3v) is 4.12. The molecular formula is C21H15FN2O2. The molecule has 1 aromatic heterocycles. The first-order valence-corrected chi connectivity index (χ1v) is 8.16. The first kappa shape index (κ1) is 16.2. The van der Waals surface area contributed by atoms with Gasteiger partial charge in [0.2, 0.25) is 0 Å². The summed E-state index contributed by atoms with van der Waals surface area (Å²) in [5, 5.41) is 1.98. The normalized spacial score (nSPS) is 11.0. The summed E-state index contributed by atoms with van der Waals surface area (Å²) in [6.45, 7) is 0.177. The Labute approximate surface area is 148 Å². The molecule has 3 aromatic carbocycles. The summed E-state index contributed by atoms with van der Waals surface area (Å²) in [5.41, 5.74) is 4.58. The van der Waals surface area contributed by atoms with Gasteiger partial charge >= 0.3 is 0 Å². The fourth-order valence-corrected chi connectivity index (χ4v) is 2.91. The number of rotatable bonds is 4. The minimum absolute atomic E-state index is 0.177. The molecule has 4 rings (SSSR count). The number of nitrogens with one attached hydrogen (secondary N) is 1. The van der Waals surface area contributed by atoms with Crippen LogP contribution in [0.2, 0.25) is 0 Å². The van der Waals surface area contributed by atoms with Gasteiger partial charge in [-0.2, -0.15) is 0 Å². The van der Waals surface area contributed by atoms with Crippen LogP contribution in [0.15, 0.2) is 77.6 Å². The smallest absolute Gasteiger partial charge is 0.271 e. The number of aromatic nitrogens is 1. The zero-order valence-electron chi connectivity index (χ0n) is 13.8. The molecule has 4 nitrogen and oxygen atoms in total. The van der Waals surface area contributed by atoms with Crippen LogP contribution in [-0.2, 0) is 11.4 Å². The first-order valence-electron chi connectivity index (χ1n) is 8.16. The van der Waals surface area contributed by atoms with Crippen molar-refractivity contribution in [2.75, 3.05) is 5.48 Å². The van der Waals surface area contributed by atoms with Crippen molar-refractivity contribution in [1.29, 1.82) is 0 Å². The highest BCUT2D eigenvalue weighted by molar-refractivity contribution is 6.05. The zero-order chi connectivity index (χ0) is 17.9. The molecule has 1 N–H and O–H groups in total. The number of fused-ring (bicyclic) bond motifs is 2. The monoisotopic (exact) mass is 346 g/mol. The zero-order valence-corrected chi connectivity index (χ0v) is 13.8. The Morgan fingerprint density at radius 2 is 1.62 bits per heavy atom. The molecule has 26 heavy (non-hydrogen) atoms. The van der Waals surface area contributed by atoms with Crippen molar-refractivity contribution >= 4 is 27.4 Å². The molecule has 0 spiro atoms. The molecule has 0 aliphatic carbocycles. The molecular weight excluding hydrogens is 331 g/mol. The van der Waals surface area contributed by atoms with Gasteiger partial charge in [-0.15, -0.1) is 0 Å². The van der Waals surface area contributed by atoms with Gasteiger partial charge in [0.25, 0.3) is 5.56 Å². The number of anilines is 1. The molecule has 0 aliphatic rings. The first-order chi connectivity index (χ1) is 12.7. The van der Waals surface area contributed by atoms with Crippen LogP contribution in [0, 0.1) is 5.82 Å². The van der Waals surface area contributed by atoms with Crippen LogP contribution in [0.4, 0.5) is 10.1 Å². The molecule has 0 fully saturated rings. The van der Waals surface area contributed by atoms with E-state index in [-0.39, 0.29) is 18.0 Å². The highest BCUT2D eigenvalue weighted by atomic mass is 19.1. The Hall–Kier alpha value is -3.31. The number of nitrogens with zero attached hydrogens (tertiary/aromatic N) is 1. The van der Waals surface area contributed by atoms with Crippen molar-refractivity contribution in [2.45, 2.75) is 6.61 Å². The van der Waals surface area contributed by atoms with E-state index >= 15 is 0 Å². The van der Waals surface area contributed by atoms with Crippen LogP contribution in [0.3, 0.4) is 0 Å². The molecule has 128 valence electrons. The van der Waals surface area contributed by atoms with E-state index in [9.17, 15) is 9.18 Å². The van der Waals surface area contributed by atoms with Crippen molar-refractivity contribution in [3.63, 3.8) is 0 Å². The van der Waals surface area contributed by atoms with Gasteiger partial charge in [-0.05, 0) is 29.8 Å². The quantitative estimate of drug-likeness (QED) is 0.555. The maximum Gasteiger partial charge on any atom is 0.278 e. The molecule has 0 radical (unpaired) electrons. The fraction of sp³-hybridized carbons (Fsp3) is 0.0476. The van der Waals surface area contributed by atoms with Crippen molar-refractivity contribution in [1.82, 2.24) is 4.98 Å². The summed E-state index contributed by atoms with van der Waals surface area (Å²) in [7, 11) is 0. The second kappa shape index (κ2) is 6.90. The predicted octanol–water partition coefficient (Wildman–Crippen LogP) is 4.43. The second-order valence-electron chi connectivity index (χ2n) is 5.88. The second-order valence-corrected chi connectivity index (χ2v) is 5.88. The van der Waals surface area contributed by atoms with Crippen LogP contribution in [0.5, 0.6) is 0 Å². The molecule has 0 saturated heterocycles. The van der Waals surface area contributed by atoms with E-state index in [2.05, 4.69) is 10.5 Å². The Bertz CT molecular complexity index is 1160. The number of para-hydroxylation sites is 1. The van der Waals surface area contributed by atoms with Crippen LogP contribution < -0.4 is 11.0 Å². The van der Waals surface area contributed by atoms with Gasteiger partial charge in [-0.25, -0.2) is 9.37 Å². The topological polar surface area (TPSA) is 51.2 Å². The largest absolute Gasteiger partial charge is 0.278 e. The van der Waals surface area contributed by atoms with Crippen molar-refractivity contribution in [2.24, 2.45) is 0 Å². The van der Waals surface area contributed by atoms with E-state index in [1.54, 1.807) is 30.3 Å². The highest BCUT2D eigenvalue weighted by Gasteiger charge is 2.09. The lowest BCUT2D eigenvalue weighted by Crippen LogP contribution is -2.03. The third kappa shape index (κ3) is 3.12. The lowest BCUT2D eigenvalue weighted by molar-refractivity contribution is 0.181. The van der Waals surface area contributed by atoms with Crippen LogP contribution >= 0.6 is 0 Å². The fourth-order valence-electron chi connectivity index (χ4n) is 2.91. The number of hydrogen-bond acceptors (Lipinski definition) is 4. The van der Waals surface area contributed by atoms with Gasteiger partial charge < -0.3 is 0 Å². The molecule has 0 aliphatic heterocycles. The third-order valence-electron chi connectivity index (χ3n) is 4.12. The Balaban J connectivity index is 1.79. The summed E-state index contributed by atoms with van der Waals surface area (Å²) in [4.78, 5) is 22.3. The van der Waals surface area contributed by atoms with Crippen LogP contribution in [0.1, 0.15) is 5.56 Å². The lowest BCUT2D eigenvalue weighted by atomic mass is 10.1. The average molecular weight is 346 g/mol. The van der Waals surface area contributed by atoms with Gasteiger partial charge in [0.1, 0.15) is 5.82 Å². The van der Waals surface area contributed by atoms with Gasteiger partial charge in [0.05, 0.1) is 23.2 Å². The molecule has 0 atom stereocenters. The van der Waals surface area contributed by atoms with Gasteiger partial charge in [0.15, 0.2) is 0 Å². The van der Waals surface area contributed by atoms with Gasteiger partial charge in [-0.3, -0.25) is 15.1 Å². The summed E-state index contributed by atoms with van der Waals surface area (Å²) < 4.78 is 13.3. The molecule has 0 amide bonds. The minimum atomic E-state index is -0.312. The Morgan fingerprint density at radius 3 is 2.42 bits per heavy atom. The molecule has 1 heterocycles. The predicted molar refractivity (Wildman–Crippen MR) is 100 cm³/mol. The standard InChI is InChI=1S/C21H15FN2O2/c22-15-7-5-6-14(12-15)13-26-24-20-16-8-1-2-9-17(16)21(25)23-19-11-4-3-10-18(19)20/h1-12,24H,13H2. The van der Waals surface area contributed by atoms with Gasteiger partial charge in [0, 0.05) is 10.8 Å². The number of halogens is 1. The van der Waals surface area contributed by atoms with E-state index < -0.39 is 0 Å². The van der Waals surface area contributed by atoms with E-state index in [1.165, 1.54) is 12.1 Å². The summed E-state index contributed by atoms with van der Waals surface area (Å²) >= 11 is 0. The Kier molecular flexibility index (Phi) is 4.29. The van der Waals surface area contributed by atoms with Crippen molar-refractivity contribution in [3.05, 3.63) is 94.5 Å². The maximum atomic E-state index is 13.3. The molecule has 0 saturated carbocycles. The Morgan fingerprint density at radius 1 is 0.885 bits per heavy atom. The summed E-state index contributed by atoms with van der Waals surface area (Å²) in [6, 6.07) is 20.8. The average Bonchev–Trinajstić information content (AvgIpc) is 2.77.